The molecule has 0 saturated carbocycles. The maximum absolute atomic E-state index is 11.6. The van der Waals surface area contributed by atoms with Gasteiger partial charge in [-0.3, -0.25) is 0 Å². The van der Waals surface area contributed by atoms with Crippen molar-refractivity contribution in [1.82, 2.24) is 0 Å². The Morgan fingerprint density at radius 3 is 1.38 bits per heavy atom. The Balaban J connectivity index is 1.83. The van der Waals surface area contributed by atoms with Crippen molar-refractivity contribution in [3.8, 4) is 11.5 Å². The minimum atomic E-state index is -2.26. The maximum atomic E-state index is 11.6. The van der Waals surface area contributed by atoms with Gasteiger partial charge in [-0.25, -0.2) is 0 Å². The van der Waals surface area contributed by atoms with Gasteiger partial charge in [-0.2, -0.15) is 0 Å². The topological polar surface area (TPSA) is 93.1 Å². The first-order chi connectivity index (χ1) is 10.1. The number of benzene rings is 2. The normalized spacial score (nSPS) is 9.52. The van der Waals surface area contributed by atoms with Crippen molar-refractivity contribution >= 4 is 11.9 Å². The number of phenols is 2. The molecule has 104 valence electrons. The third-order valence-electron chi connectivity index (χ3n) is 2.59. The van der Waals surface area contributed by atoms with E-state index in [4.69, 9.17) is 17.3 Å². The summed E-state index contributed by atoms with van der Waals surface area (Å²) in [5.41, 5.74) is 0.554. The summed E-state index contributed by atoms with van der Waals surface area (Å²) in [5.74, 6) is -1.08. The summed E-state index contributed by atoms with van der Waals surface area (Å²) in [6.45, 7) is 0. The molecular formula is C14H10O6Zn. The van der Waals surface area contributed by atoms with E-state index in [-0.39, 0.29) is 22.6 Å². The zero-order chi connectivity index (χ0) is 15.2. The van der Waals surface area contributed by atoms with Gasteiger partial charge in [0.1, 0.15) is 0 Å². The Labute approximate surface area is 128 Å². The second-order valence-electron chi connectivity index (χ2n) is 4.08. The number of rotatable bonds is 4. The summed E-state index contributed by atoms with van der Waals surface area (Å²) < 4.78 is 9.92. The van der Waals surface area contributed by atoms with Crippen molar-refractivity contribution in [3.05, 3.63) is 59.7 Å². The van der Waals surface area contributed by atoms with Crippen LogP contribution in [0.15, 0.2) is 48.5 Å². The molecule has 0 aliphatic rings. The van der Waals surface area contributed by atoms with Crippen molar-refractivity contribution < 1.29 is 44.8 Å². The Morgan fingerprint density at radius 2 is 1.05 bits per heavy atom. The standard InChI is InChI=1S/2C7H6O3.Zn/c2*8-6-3-1-5(2-4-6)7(9)10;/h2*1-4,8H,(H,9,10);/q;;+2/p-2. The molecule has 2 aromatic carbocycles. The predicted octanol–water partition coefficient (Wildman–Crippen LogP) is 2.02. The molecular weight excluding hydrogens is 330 g/mol. The van der Waals surface area contributed by atoms with E-state index in [2.05, 4.69) is 0 Å². The molecule has 0 aliphatic carbocycles. The molecule has 0 bridgehead atoms. The number of hydrogen-bond acceptors (Lipinski definition) is 6. The van der Waals surface area contributed by atoms with Gasteiger partial charge < -0.3 is 0 Å². The molecule has 2 rings (SSSR count). The Kier molecular flexibility index (Phi) is 4.90. The van der Waals surface area contributed by atoms with Crippen LogP contribution in [-0.2, 0) is 25.0 Å². The van der Waals surface area contributed by atoms with Gasteiger partial charge >= 0.3 is 128 Å². The van der Waals surface area contributed by atoms with Crippen LogP contribution in [0.1, 0.15) is 20.7 Å². The molecule has 0 unspecified atom stereocenters. The number of hydrogen-bond donors (Lipinski definition) is 2. The molecule has 0 radical (unpaired) electrons. The van der Waals surface area contributed by atoms with Crippen molar-refractivity contribution in [2.45, 2.75) is 0 Å². The predicted molar refractivity (Wildman–Crippen MR) is 67.0 cm³/mol. The van der Waals surface area contributed by atoms with Gasteiger partial charge in [0.25, 0.3) is 0 Å². The summed E-state index contributed by atoms with van der Waals surface area (Å²) in [6, 6.07) is 11.1. The van der Waals surface area contributed by atoms with Crippen LogP contribution in [-0.4, -0.2) is 22.2 Å². The molecule has 2 aromatic rings. The van der Waals surface area contributed by atoms with Crippen molar-refractivity contribution in [2.24, 2.45) is 0 Å². The van der Waals surface area contributed by atoms with Gasteiger partial charge in [0.2, 0.25) is 0 Å². The van der Waals surface area contributed by atoms with Gasteiger partial charge in [-0.05, 0) is 0 Å². The van der Waals surface area contributed by atoms with E-state index in [0.29, 0.717) is 0 Å². The third-order valence-corrected chi connectivity index (χ3v) is 4.18. The Morgan fingerprint density at radius 1 is 0.714 bits per heavy atom. The fourth-order valence-corrected chi connectivity index (χ4v) is 2.77. The SMILES string of the molecule is O=C([O][Zn][O]C(=O)c1ccc(O)cc1)c1ccc(O)cc1. The minimum absolute atomic E-state index is 0.0480. The fourth-order valence-electron chi connectivity index (χ4n) is 1.50. The first kappa shape index (κ1) is 15.0. The van der Waals surface area contributed by atoms with E-state index in [1.54, 1.807) is 0 Å². The molecule has 0 saturated heterocycles. The zero-order valence-electron chi connectivity index (χ0n) is 10.9. The quantitative estimate of drug-likeness (QED) is 0.828. The molecule has 0 spiro atoms. The fraction of sp³-hybridized carbons (Fsp3) is 0. The molecule has 21 heavy (non-hydrogen) atoms. The first-order valence-electron chi connectivity index (χ1n) is 5.98. The van der Waals surface area contributed by atoms with E-state index in [9.17, 15) is 9.59 Å². The Hall–Kier alpha value is -2.40. The Bertz CT molecular complexity index is 578. The average molecular weight is 340 g/mol. The molecule has 0 aliphatic heterocycles. The van der Waals surface area contributed by atoms with Crippen molar-refractivity contribution in [1.29, 1.82) is 0 Å². The summed E-state index contributed by atoms with van der Waals surface area (Å²) in [6.07, 6.45) is 0. The van der Waals surface area contributed by atoms with Crippen LogP contribution in [0.3, 0.4) is 0 Å². The van der Waals surface area contributed by atoms with E-state index in [1.807, 2.05) is 0 Å². The van der Waals surface area contributed by atoms with Gasteiger partial charge in [0.05, 0.1) is 0 Å². The van der Waals surface area contributed by atoms with Crippen LogP contribution in [0.2, 0.25) is 0 Å². The molecule has 0 atom stereocenters. The average Bonchev–Trinajstić information content (AvgIpc) is 2.48. The number of aromatic hydroxyl groups is 2. The van der Waals surface area contributed by atoms with Crippen LogP contribution in [0.25, 0.3) is 0 Å². The summed E-state index contributed by atoms with van der Waals surface area (Å²) >= 11 is -2.26. The van der Waals surface area contributed by atoms with Crippen molar-refractivity contribution in [3.63, 3.8) is 0 Å². The van der Waals surface area contributed by atoms with E-state index in [0.717, 1.165) is 0 Å². The van der Waals surface area contributed by atoms with Gasteiger partial charge in [-0.15, -0.1) is 0 Å². The monoisotopic (exact) mass is 338 g/mol. The van der Waals surface area contributed by atoms with E-state index < -0.39 is 29.8 Å². The third kappa shape index (κ3) is 4.29. The molecule has 6 nitrogen and oxygen atoms in total. The van der Waals surface area contributed by atoms with E-state index in [1.165, 1.54) is 48.5 Å². The van der Waals surface area contributed by atoms with Crippen LogP contribution >= 0.6 is 0 Å². The van der Waals surface area contributed by atoms with E-state index >= 15 is 0 Å². The molecule has 0 aromatic heterocycles. The first-order valence-corrected chi connectivity index (χ1v) is 8.41. The summed E-state index contributed by atoms with van der Waals surface area (Å²) in [7, 11) is 0. The van der Waals surface area contributed by atoms with Gasteiger partial charge in [0.15, 0.2) is 0 Å². The second kappa shape index (κ2) is 6.86. The molecule has 2 N–H and O–H groups in total. The van der Waals surface area contributed by atoms with Crippen LogP contribution in [0, 0.1) is 0 Å². The van der Waals surface area contributed by atoms with Crippen molar-refractivity contribution in [2.75, 3.05) is 0 Å². The summed E-state index contributed by atoms with van der Waals surface area (Å²) in [4.78, 5) is 23.3. The molecule has 0 heterocycles. The molecule has 0 fully saturated rings. The number of phenolic OH excluding ortho intramolecular Hbond substituents is 2. The number of carbonyl (C=O) groups is 2. The molecule has 7 heteroatoms. The number of carbonyl (C=O) groups excluding carboxylic acids is 2. The summed E-state index contributed by atoms with van der Waals surface area (Å²) in [5, 5.41) is 18.2. The molecule has 0 amide bonds. The van der Waals surface area contributed by atoms with Gasteiger partial charge in [-0.1, -0.05) is 0 Å². The van der Waals surface area contributed by atoms with Gasteiger partial charge in [0, 0.05) is 0 Å². The van der Waals surface area contributed by atoms with Crippen LogP contribution in [0.4, 0.5) is 0 Å². The van der Waals surface area contributed by atoms with Crippen LogP contribution in [0.5, 0.6) is 11.5 Å². The van der Waals surface area contributed by atoms with Crippen LogP contribution < -0.4 is 0 Å². The zero-order valence-corrected chi connectivity index (χ0v) is 13.8. The second-order valence-corrected chi connectivity index (χ2v) is 5.78.